The van der Waals surface area contributed by atoms with Gasteiger partial charge in [0, 0.05) is 4.47 Å². The Bertz CT molecular complexity index is 646. The Balaban J connectivity index is 2.17. The molecule has 0 saturated heterocycles. The first kappa shape index (κ1) is 14.5. The fraction of sp³-hybridized carbons (Fsp3) is 0.133. The summed E-state index contributed by atoms with van der Waals surface area (Å²) in [5, 5.41) is 12.1. The minimum Gasteiger partial charge on any atom is -0.508 e. The number of carbonyl (C=O) groups is 1. The summed E-state index contributed by atoms with van der Waals surface area (Å²) in [7, 11) is 0. The number of amides is 1. The summed E-state index contributed by atoms with van der Waals surface area (Å²) in [5.41, 5.74) is 0.722. The molecule has 0 saturated carbocycles. The van der Waals surface area contributed by atoms with Gasteiger partial charge in [-0.15, -0.1) is 0 Å². The Hall–Kier alpha value is -1.88. The van der Waals surface area contributed by atoms with Crippen LogP contribution in [0.3, 0.4) is 0 Å². The van der Waals surface area contributed by atoms with Crippen LogP contribution in [0.5, 0.6) is 5.75 Å². The van der Waals surface area contributed by atoms with Crippen molar-refractivity contribution in [3.05, 3.63) is 63.9 Å². The fourth-order valence-corrected chi connectivity index (χ4v) is 2.18. The molecule has 5 heteroatoms. The SMILES string of the molecule is CC(NC(=O)c1cc(Br)ccc1F)c1cccc(O)c1. The minimum absolute atomic E-state index is 0.0219. The topological polar surface area (TPSA) is 49.3 Å². The molecule has 0 aliphatic heterocycles. The zero-order valence-corrected chi connectivity index (χ0v) is 12.3. The van der Waals surface area contributed by atoms with Gasteiger partial charge in [0.2, 0.25) is 0 Å². The monoisotopic (exact) mass is 337 g/mol. The summed E-state index contributed by atoms with van der Waals surface area (Å²) in [5.74, 6) is -0.953. The molecule has 2 N–H and O–H groups in total. The second-order valence-electron chi connectivity index (χ2n) is 4.41. The van der Waals surface area contributed by atoms with Crippen LogP contribution >= 0.6 is 15.9 Å². The van der Waals surface area contributed by atoms with Crippen molar-refractivity contribution < 1.29 is 14.3 Å². The molecule has 0 bridgehead atoms. The van der Waals surface area contributed by atoms with Gasteiger partial charge < -0.3 is 10.4 Å². The third-order valence-corrected chi connectivity index (χ3v) is 3.38. The lowest BCUT2D eigenvalue weighted by Crippen LogP contribution is -2.27. The summed E-state index contributed by atoms with van der Waals surface area (Å²) in [6.45, 7) is 1.77. The molecular formula is C15H13BrFNO2. The largest absolute Gasteiger partial charge is 0.508 e. The van der Waals surface area contributed by atoms with Gasteiger partial charge in [-0.2, -0.15) is 0 Å². The highest BCUT2D eigenvalue weighted by molar-refractivity contribution is 9.10. The lowest BCUT2D eigenvalue weighted by atomic mass is 10.1. The smallest absolute Gasteiger partial charge is 0.254 e. The maximum atomic E-state index is 13.6. The molecule has 0 aliphatic carbocycles. The van der Waals surface area contributed by atoms with Crippen molar-refractivity contribution in [1.29, 1.82) is 0 Å². The van der Waals surface area contributed by atoms with Gasteiger partial charge in [-0.05, 0) is 42.8 Å². The van der Waals surface area contributed by atoms with Crippen molar-refractivity contribution in [2.24, 2.45) is 0 Å². The summed E-state index contributed by atoms with van der Waals surface area (Å²) >= 11 is 3.21. The number of hydrogen-bond donors (Lipinski definition) is 2. The van der Waals surface area contributed by atoms with Crippen molar-refractivity contribution in [2.75, 3.05) is 0 Å². The molecule has 1 unspecified atom stereocenters. The first-order chi connectivity index (χ1) is 9.47. The zero-order chi connectivity index (χ0) is 14.7. The molecule has 0 aromatic heterocycles. The van der Waals surface area contributed by atoms with Crippen LogP contribution < -0.4 is 5.32 Å². The van der Waals surface area contributed by atoms with Gasteiger partial charge in [0.1, 0.15) is 11.6 Å². The van der Waals surface area contributed by atoms with Crippen molar-refractivity contribution in [3.8, 4) is 5.75 Å². The molecule has 1 amide bonds. The number of phenolic OH excluding ortho intramolecular Hbond substituents is 1. The van der Waals surface area contributed by atoms with Crippen LogP contribution in [0.1, 0.15) is 28.9 Å². The first-order valence-corrected chi connectivity index (χ1v) is 6.81. The lowest BCUT2D eigenvalue weighted by molar-refractivity contribution is 0.0935. The number of aromatic hydroxyl groups is 1. The highest BCUT2D eigenvalue weighted by Crippen LogP contribution is 2.20. The zero-order valence-electron chi connectivity index (χ0n) is 10.7. The van der Waals surface area contributed by atoms with Gasteiger partial charge in [0.15, 0.2) is 0 Å². The Labute approximate surface area is 124 Å². The molecular weight excluding hydrogens is 325 g/mol. The molecule has 2 aromatic rings. The number of carbonyl (C=O) groups excluding carboxylic acids is 1. The van der Waals surface area contributed by atoms with Crippen LogP contribution in [-0.2, 0) is 0 Å². The van der Waals surface area contributed by atoms with Gasteiger partial charge >= 0.3 is 0 Å². The van der Waals surface area contributed by atoms with Crippen LogP contribution in [0.4, 0.5) is 4.39 Å². The Morgan fingerprint density at radius 3 is 2.75 bits per heavy atom. The average Bonchev–Trinajstić information content (AvgIpc) is 2.41. The second-order valence-corrected chi connectivity index (χ2v) is 5.33. The van der Waals surface area contributed by atoms with Crippen LogP contribution in [0, 0.1) is 5.82 Å². The van der Waals surface area contributed by atoms with Gasteiger partial charge in [0.25, 0.3) is 5.91 Å². The van der Waals surface area contributed by atoms with E-state index in [4.69, 9.17) is 0 Å². The molecule has 0 fully saturated rings. The van der Waals surface area contributed by atoms with Gasteiger partial charge in [-0.25, -0.2) is 4.39 Å². The molecule has 20 heavy (non-hydrogen) atoms. The molecule has 2 rings (SSSR count). The number of benzene rings is 2. The van der Waals surface area contributed by atoms with Crippen LogP contribution in [0.25, 0.3) is 0 Å². The Kier molecular flexibility index (Phi) is 4.39. The Morgan fingerprint density at radius 1 is 1.30 bits per heavy atom. The fourth-order valence-electron chi connectivity index (χ4n) is 1.82. The maximum Gasteiger partial charge on any atom is 0.254 e. The van der Waals surface area contributed by atoms with Crippen molar-refractivity contribution in [3.63, 3.8) is 0 Å². The van der Waals surface area contributed by atoms with Crippen molar-refractivity contribution in [2.45, 2.75) is 13.0 Å². The average molecular weight is 338 g/mol. The van der Waals surface area contributed by atoms with Crippen molar-refractivity contribution >= 4 is 21.8 Å². The Morgan fingerprint density at radius 2 is 2.05 bits per heavy atom. The van der Waals surface area contributed by atoms with E-state index >= 15 is 0 Å². The number of halogens is 2. The second kappa shape index (κ2) is 6.05. The molecule has 3 nitrogen and oxygen atoms in total. The normalized spacial score (nSPS) is 11.9. The van der Waals surface area contributed by atoms with E-state index in [2.05, 4.69) is 21.2 Å². The highest BCUT2D eigenvalue weighted by Gasteiger charge is 2.15. The third-order valence-electron chi connectivity index (χ3n) is 2.89. The predicted molar refractivity (Wildman–Crippen MR) is 78.1 cm³/mol. The van der Waals surface area contributed by atoms with Crippen LogP contribution in [0.2, 0.25) is 0 Å². The van der Waals surface area contributed by atoms with E-state index in [0.29, 0.717) is 4.47 Å². The minimum atomic E-state index is -0.575. The van der Waals surface area contributed by atoms with E-state index in [-0.39, 0.29) is 17.4 Å². The third kappa shape index (κ3) is 3.36. The van der Waals surface area contributed by atoms with Gasteiger partial charge in [-0.1, -0.05) is 28.1 Å². The molecule has 0 spiro atoms. The first-order valence-electron chi connectivity index (χ1n) is 6.02. The van der Waals surface area contributed by atoms with Gasteiger partial charge in [-0.3, -0.25) is 4.79 Å². The molecule has 1 atom stereocenters. The van der Waals surface area contributed by atoms with E-state index in [1.54, 1.807) is 31.2 Å². The number of nitrogens with one attached hydrogen (secondary N) is 1. The standard InChI is InChI=1S/C15H13BrFNO2/c1-9(10-3-2-4-12(19)7-10)18-15(20)13-8-11(16)5-6-14(13)17/h2-9,19H,1H3,(H,18,20). The van der Waals surface area contributed by atoms with Crippen LogP contribution in [-0.4, -0.2) is 11.0 Å². The van der Waals surface area contributed by atoms with Gasteiger partial charge in [0.05, 0.1) is 11.6 Å². The summed E-state index contributed by atoms with van der Waals surface area (Å²) in [6, 6.07) is 10.4. The molecule has 0 aliphatic rings. The lowest BCUT2D eigenvalue weighted by Gasteiger charge is -2.15. The highest BCUT2D eigenvalue weighted by atomic mass is 79.9. The molecule has 0 radical (unpaired) electrons. The maximum absolute atomic E-state index is 13.6. The molecule has 2 aromatic carbocycles. The quantitative estimate of drug-likeness (QED) is 0.895. The summed E-state index contributed by atoms with van der Waals surface area (Å²) in [4.78, 5) is 12.1. The predicted octanol–water partition coefficient (Wildman–Crippen LogP) is 3.78. The van der Waals surface area contributed by atoms with E-state index in [1.807, 2.05) is 0 Å². The number of rotatable bonds is 3. The van der Waals surface area contributed by atoms with Crippen molar-refractivity contribution in [1.82, 2.24) is 5.32 Å². The van der Waals surface area contributed by atoms with E-state index in [9.17, 15) is 14.3 Å². The van der Waals surface area contributed by atoms with E-state index in [0.717, 1.165) is 5.56 Å². The number of phenols is 1. The summed E-state index contributed by atoms with van der Waals surface area (Å²) in [6.07, 6.45) is 0. The molecule has 104 valence electrons. The summed E-state index contributed by atoms with van der Waals surface area (Å²) < 4.78 is 14.2. The molecule has 0 heterocycles. The van der Waals surface area contributed by atoms with E-state index < -0.39 is 11.7 Å². The number of hydrogen-bond acceptors (Lipinski definition) is 2. The van der Waals surface area contributed by atoms with Crippen LogP contribution in [0.15, 0.2) is 46.9 Å². The van der Waals surface area contributed by atoms with E-state index in [1.165, 1.54) is 18.2 Å².